The standard InChI is InChI=1S/C13H19N3O2S/c1-10-2-6-12(7-3-10)19(17,18)16(11-4-5-11)9-8-13(14)15/h2-3,6-7,11H,4-5,8-9H2,1H3,(H3,14,15). The number of nitrogens with zero attached hydrogens (tertiary/aromatic N) is 1. The number of benzene rings is 1. The fourth-order valence-electron chi connectivity index (χ4n) is 1.94. The van der Waals surface area contributed by atoms with Crippen molar-refractivity contribution in [3.8, 4) is 0 Å². The molecule has 19 heavy (non-hydrogen) atoms. The highest BCUT2D eigenvalue weighted by Crippen LogP contribution is 2.32. The van der Waals surface area contributed by atoms with Crippen molar-refractivity contribution in [3.05, 3.63) is 29.8 Å². The Morgan fingerprint density at radius 1 is 1.37 bits per heavy atom. The Labute approximate surface area is 114 Å². The number of hydrogen-bond acceptors (Lipinski definition) is 3. The molecule has 0 unspecified atom stereocenters. The van der Waals surface area contributed by atoms with E-state index in [0.29, 0.717) is 4.90 Å². The van der Waals surface area contributed by atoms with E-state index in [1.165, 1.54) is 4.31 Å². The summed E-state index contributed by atoms with van der Waals surface area (Å²) in [6.45, 7) is 2.21. The van der Waals surface area contributed by atoms with Gasteiger partial charge in [-0.2, -0.15) is 4.31 Å². The Morgan fingerprint density at radius 2 is 1.95 bits per heavy atom. The van der Waals surface area contributed by atoms with Crippen molar-refractivity contribution in [3.63, 3.8) is 0 Å². The van der Waals surface area contributed by atoms with E-state index in [-0.39, 0.29) is 24.8 Å². The Balaban J connectivity index is 2.23. The first-order valence-electron chi connectivity index (χ1n) is 6.32. The number of amidine groups is 1. The molecule has 0 amide bonds. The molecule has 1 saturated carbocycles. The van der Waals surface area contributed by atoms with Crippen molar-refractivity contribution < 1.29 is 8.42 Å². The third-order valence-electron chi connectivity index (χ3n) is 3.18. The summed E-state index contributed by atoms with van der Waals surface area (Å²) in [5.74, 6) is 0.0183. The molecule has 1 fully saturated rings. The lowest BCUT2D eigenvalue weighted by atomic mass is 10.2. The van der Waals surface area contributed by atoms with Crippen molar-refractivity contribution in [1.29, 1.82) is 5.41 Å². The Kier molecular flexibility index (Phi) is 3.91. The average Bonchev–Trinajstić information content (AvgIpc) is 3.13. The molecular formula is C13H19N3O2S. The van der Waals surface area contributed by atoms with E-state index < -0.39 is 10.0 Å². The zero-order chi connectivity index (χ0) is 14.0. The summed E-state index contributed by atoms with van der Waals surface area (Å²) < 4.78 is 26.6. The van der Waals surface area contributed by atoms with Gasteiger partial charge in [-0.1, -0.05) is 17.7 Å². The fourth-order valence-corrected chi connectivity index (χ4v) is 3.62. The zero-order valence-electron chi connectivity index (χ0n) is 11.0. The van der Waals surface area contributed by atoms with E-state index in [4.69, 9.17) is 11.1 Å². The van der Waals surface area contributed by atoms with Crippen LogP contribution in [-0.4, -0.2) is 31.1 Å². The molecule has 6 heteroatoms. The summed E-state index contributed by atoms with van der Waals surface area (Å²) >= 11 is 0. The molecular weight excluding hydrogens is 262 g/mol. The summed E-state index contributed by atoms with van der Waals surface area (Å²) in [6, 6.07) is 6.93. The first-order chi connectivity index (χ1) is 8.91. The highest BCUT2D eigenvalue weighted by atomic mass is 32.2. The van der Waals surface area contributed by atoms with Crippen molar-refractivity contribution in [2.75, 3.05) is 6.54 Å². The van der Waals surface area contributed by atoms with Crippen LogP contribution < -0.4 is 5.73 Å². The molecule has 1 aromatic carbocycles. The molecule has 0 atom stereocenters. The van der Waals surface area contributed by atoms with Gasteiger partial charge in [0.15, 0.2) is 0 Å². The third-order valence-corrected chi connectivity index (χ3v) is 5.15. The minimum atomic E-state index is -3.47. The van der Waals surface area contributed by atoms with E-state index in [2.05, 4.69) is 0 Å². The van der Waals surface area contributed by atoms with E-state index in [1.807, 2.05) is 6.92 Å². The molecule has 3 N–H and O–H groups in total. The first kappa shape index (κ1) is 14.0. The monoisotopic (exact) mass is 281 g/mol. The summed E-state index contributed by atoms with van der Waals surface area (Å²) in [5.41, 5.74) is 6.35. The van der Waals surface area contributed by atoms with Crippen molar-refractivity contribution in [1.82, 2.24) is 4.31 Å². The molecule has 0 aliphatic heterocycles. The topological polar surface area (TPSA) is 87.2 Å². The number of rotatable bonds is 6. The van der Waals surface area contributed by atoms with Crippen LogP contribution in [-0.2, 0) is 10.0 Å². The van der Waals surface area contributed by atoms with Gasteiger partial charge in [0.1, 0.15) is 0 Å². The van der Waals surface area contributed by atoms with Gasteiger partial charge >= 0.3 is 0 Å². The molecule has 1 aliphatic rings. The Morgan fingerprint density at radius 3 is 2.42 bits per heavy atom. The lowest BCUT2D eigenvalue weighted by Gasteiger charge is -2.21. The predicted octanol–water partition coefficient (Wildman–Crippen LogP) is 1.47. The normalized spacial score (nSPS) is 15.7. The zero-order valence-corrected chi connectivity index (χ0v) is 11.8. The van der Waals surface area contributed by atoms with Crippen molar-refractivity contribution >= 4 is 15.9 Å². The molecule has 1 aromatic rings. The minimum Gasteiger partial charge on any atom is -0.388 e. The highest BCUT2D eigenvalue weighted by Gasteiger charge is 2.37. The molecule has 104 valence electrons. The summed E-state index contributed by atoms with van der Waals surface area (Å²) in [5, 5.41) is 7.24. The summed E-state index contributed by atoms with van der Waals surface area (Å²) in [6.07, 6.45) is 2.06. The van der Waals surface area contributed by atoms with Crippen LogP contribution in [0.3, 0.4) is 0 Å². The molecule has 0 bridgehead atoms. The van der Waals surface area contributed by atoms with Crippen molar-refractivity contribution in [2.45, 2.75) is 37.1 Å². The van der Waals surface area contributed by atoms with Gasteiger partial charge in [0.05, 0.1) is 10.7 Å². The molecule has 0 heterocycles. The quantitative estimate of drug-likeness (QED) is 0.611. The lowest BCUT2D eigenvalue weighted by molar-refractivity contribution is 0.412. The molecule has 0 radical (unpaired) electrons. The number of sulfonamides is 1. The maximum absolute atomic E-state index is 12.6. The molecule has 0 saturated heterocycles. The minimum absolute atomic E-state index is 0.0183. The second kappa shape index (κ2) is 5.30. The molecule has 2 rings (SSSR count). The average molecular weight is 281 g/mol. The van der Waals surface area contributed by atoms with Gasteiger partial charge < -0.3 is 5.73 Å². The van der Waals surface area contributed by atoms with Gasteiger partial charge in [0.2, 0.25) is 10.0 Å². The van der Waals surface area contributed by atoms with Gasteiger partial charge in [-0.25, -0.2) is 8.42 Å². The van der Waals surface area contributed by atoms with E-state index in [1.54, 1.807) is 24.3 Å². The number of hydrogen-bond donors (Lipinski definition) is 2. The fraction of sp³-hybridized carbons (Fsp3) is 0.462. The maximum atomic E-state index is 12.6. The second-order valence-corrected chi connectivity index (χ2v) is 6.83. The molecule has 5 nitrogen and oxygen atoms in total. The van der Waals surface area contributed by atoms with E-state index in [0.717, 1.165) is 18.4 Å². The SMILES string of the molecule is Cc1ccc(S(=O)(=O)N(CCC(=N)N)C2CC2)cc1. The van der Waals surface area contributed by atoms with Crippen molar-refractivity contribution in [2.24, 2.45) is 5.73 Å². The molecule has 0 spiro atoms. The van der Waals surface area contributed by atoms with Gasteiger partial charge in [-0.15, -0.1) is 0 Å². The van der Waals surface area contributed by atoms with Crippen LogP contribution in [0.15, 0.2) is 29.2 Å². The van der Waals surface area contributed by atoms with Crippen LogP contribution in [0, 0.1) is 12.3 Å². The second-order valence-electron chi connectivity index (χ2n) is 4.94. The van der Waals surface area contributed by atoms with Crippen LogP contribution in [0.4, 0.5) is 0 Å². The third kappa shape index (κ3) is 3.33. The van der Waals surface area contributed by atoms with Crippen LogP contribution in [0.2, 0.25) is 0 Å². The molecule has 0 aromatic heterocycles. The largest absolute Gasteiger partial charge is 0.388 e. The van der Waals surface area contributed by atoms with E-state index in [9.17, 15) is 8.42 Å². The van der Waals surface area contributed by atoms with Crippen LogP contribution in [0.25, 0.3) is 0 Å². The van der Waals surface area contributed by atoms with Crippen LogP contribution in [0.1, 0.15) is 24.8 Å². The highest BCUT2D eigenvalue weighted by molar-refractivity contribution is 7.89. The Hall–Kier alpha value is -1.40. The number of nitrogens with one attached hydrogen (secondary N) is 1. The summed E-state index contributed by atoms with van der Waals surface area (Å²) in [7, 11) is -3.47. The predicted molar refractivity (Wildman–Crippen MR) is 74.6 cm³/mol. The van der Waals surface area contributed by atoms with Gasteiger partial charge in [-0.3, -0.25) is 5.41 Å². The van der Waals surface area contributed by atoms with Gasteiger partial charge in [-0.05, 0) is 31.9 Å². The number of nitrogens with two attached hydrogens (primary N) is 1. The maximum Gasteiger partial charge on any atom is 0.243 e. The van der Waals surface area contributed by atoms with Crippen LogP contribution in [0.5, 0.6) is 0 Å². The lowest BCUT2D eigenvalue weighted by Crippen LogP contribution is -2.35. The first-order valence-corrected chi connectivity index (χ1v) is 7.76. The number of aryl methyl sites for hydroxylation is 1. The van der Waals surface area contributed by atoms with Gasteiger partial charge in [0.25, 0.3) is 0 Å². The van der Waals surface area contributed by atoms with Gasteiger partial charge in [0, 0.05) is 19.0 Å². The van der Waals surface area contributed by atoms with Crippen LogP contribution >= 0.6 is 0 Å². The van der Waals surface area contributed by atoms with E-state index >= 15 is 0 Å². The summed E-state index contributed by atoms with van der Waals surface area (Å²) in [4.78, 5) is 0.313. The molecule has 1 aliphatic carbocycles. The Bertz CT molecular complexity index is 562. The smallest absolute Gasteiger partial charge is 0.243 e.